The standard InChI is InChI=1S/C27H46O4S.C2H6.Na/c1-18(7-6-14-25(2,3)28)22-10-11-23-21-9-8-19-17-20(31-32(29)30)12-15-26(19,4)24(21)13-16-27(22,23)5;1-2;/h8,18,20-24,28H,6-7,9-17H2,1-5H3,(H,29,30);1-2H3;/q;;+1/p-1/t18-,20?,21?,22-,23?,24?,26?,27?;;/m1../s1. The molecule has 0 saturated heterocycles. The summed E-state index contributed by atoms with van der Waals surface area (Å²) in [5, 5.41) is 10.1. The van der Waals surface area contributed by atoms with Crippen molar-refractivity contribution < 1.29 is 47.6 Å². The third-order valence-electron chi connectivity index (χ3n) is 10.5. The average molecular weight is 519 g/mol. The van der Waals surface area contributed by atoms with Gasteiger partial charge in [-0.25, -0.2) is 4.21 Å². The van der Waals surface area contributed by atoms with Crippen LogP contribution in [0, 0.1) is 40.4 Å². The van der Waals surface area contributed by atoms with Crippen molar-refractivity contribution in [3.8, 4) is 0 Å². The second-order valence-corrected chi connectivity index (χ2v) is 13.4. The van der Waals surface area contributed by atoms with Gasteiger partial charge in [-0.05, 0) is 112 Å². The molecule has 9 atom stereocenters. The van der Waals surface area contributed by atoms with Crippen LogP contribution < -0.4 is 29.6 Å². The summed E-state index contributed by atoms with van der Waals surface area (Å²) in [5.74, 6) is 3.88. The summed E-state index contributed by atoms with van der Waals surface area (Å²) in [7, 11) is 0. The number of hydrogen-bond acceptors (Lipinski definition) is 4. The van der Waals surface area contributed by atoms with Gasteiger partial charge in [0, 0.05) is 0 Å². The summed E-state index contributed by atoms with van der Waals surface area (Å²) in [6, 6.07) is 0. The van der Waals surface area contributed by atoms with Crippen molar-refractivity contribution in [3.63, 3.8) is 0 Å². The molecule has 0 spiro atoms. The molecule has 0 aromatic rings. The number of fused-ring (bicyclic) bond motifs is 5. The van der Waals surface area contributed by atoms with Crippen LogP contribution in [-0.2, 0) is 15.5 Å². The largest absolute Gasteiger partial charge is 1.00 e. The van der Waals surface area contributed by atoms with E-state index in [1.807, 2.05) is 27.7 Å². The zero-order valence-electron chi connectivity index (χ0n) is 23.9. The van der Waals surface area contributed by atoms with Gasteiger partial charge in [-0.2, -0.15) is 0 Å². The second kappa shape index (κ2) is 12.7. The summed E-state index contributed by atoms with van der Waals surface area (Å²) in [4.78, 5) is 0. The van der Waals surface area contributed by atoms with Gasteiger partial charge < -0.3 is 9.66 Å². The maximum Gasteiger partial charge on any atom is 1.00 e. The molecule has 4 aliphatic rings. The van der Waals surface area contributed by atoms with Crippen LogP contribution in [0.1, 0.15) is 119 Å². The molecular formula is C29H51NaO4S. The van der Waals surface area contributed by atoms with Crippen LogP contribution in [0.2, 0.25) is 0 Å². The summed E-state index contributed by atoms with van der Waals surface area (Å²) in [6.45, 7) is 15.4. The fraction of sp³-hybridized carbons (Fsp3) is 0.931. The van der Waals surface area contributed by atoms with E-state index < -0.39 is 17.0 Å². The van der Waals surface area contributed by atoms with Crippen molar-refractivity contribution in [2.24, 2.45) is 40.4 Å². The molecule has 0 aliphatic heterocycles. The Balaban J connectivity index is 0.00000140. The van der Waals surface area contributed by atoms with E-state index in [0.29, 0.717) is 5.41 Å². The van der Waals surface area contributed by atoms with E-state index in [2.05, 4.69) is 26.8 Å². The van der Waals surface area contributed by atoms with Crippen molar-refractivity contribution in [1.82, 2.24) is 0 Å². The van der Waals surface area contributed by atoms with Crippen molar-refractivity contribution in [2.45, 2.75) is 131 Å². The minimum Gasteiger partial charge on any atom is -0.750 e. The Labute approximate surface area is 240 Å². The molecule has 0 aromatic carbocycles. The fourth-order valence-corrected chi connectivity index (χ4v) is 9.24. The van der Waals surface area contributed by atoms with Gasteiger partial charge in [0.25, 0.3) is 0 Å². The Morgan fingerprint density at radius 2 is 1.86 bits per heavy atom. The molecule has 3 fully saturated rings. The summed E-state index contributed by atoms with van der Waals surface area (Å²) >= 11 is -2.41. The molecule has 0 amide bonds. The van der Waals surface area contributed by atoms with Gasteiger partial charge in [-0.1, -0.05) is 59.1 Å². The zero-order chi connectivity index (χ0) is 25.3. The molecule has 0 aromatic heterocycles. The number of allylic oxidation sites excluding steroid dienone is 1. The molecule has 3 saturated carbocycles. The maximum atomic E-state index is 11.0. The number of rotatable bonds is 7. The molecule has 7 unspecified atom stereocenters. The van der Waals surface area contributed by atoms with E-state index in [4.69, 9.17) is 4.18 Å². The van der Waals surface area contributed by atoms with Gasteiger partial charge in [-0.15, -0.1) is 0 Å². The quantitative estimate of drug-likeness (QED) is 0.309. The summed E-state index contributed by atoms with van der Waals surface area (Å²) in [5.41, 5.74) is 1.61. The molecule has 4 nitrogen and oxygen atoms in total. The van der Waals surface area contributed by atoms with Gasteiger partial charge in [-0.3, -0.25) is 4.18 Å². The molecule has 1 N–H and O–H groups in total. The first-order chi connectivity index (χ1) is 15.9. The zero-order valence-corrected chi connectivity index (χ0v) is 26.7. The van der Waals surface area contributed by atoms with Crippen LogP contribution in [-0.4, -0.2) is 25.6 Å². The van der Waals surface area contributed by atoms with Crippen molar-refractivity contribution in [3.05, 3.63) is 11.6 Å². The topological polar surface area (TPSA) is 69.6 Å². The normalized spacial score (nSPS) is 40.0. The molecule has 4 aliphatic carbocycles. The van der Waals surface area contributed by atoms with Gasteiger partial charge >= 0.3 is 29.6 Å². The van der Waals surface area contributed by atoms with Crippen molar-refractivity contribution in [1.29, 1.82) is 0 Å². The van der Waals surface area contributed by atoms with E-state index >= 15 is 0 Å². The van der Waals surface area contributed by atoms with E-state index in [1.165, 1.54) is 44.1 Å². The van der Waals surface area contributed by atoms with Crippen LogP contribution in [0.5, 0.6) is 0 Å². The van der Waals surface area contributed by atoms with Crippen LogP contribution in [0.25, 0.3) is 0 Å². The van der Waals surface area contributed by atoms with Crippen molar-refractivity contribution in [2.75, 3.05) is 0 Å². The van der Waals surface area contributed by atoms with Crippen LogP contribution in [0.4, 0.5) is 0 Å². The van der Waals surface area contributed by atoms with Crippen LogP contribution >= 0.6 is 0 Å². The van der Waals surface area contributed by atoms with Crippen LogP contribution in [0.3, 0.4) is 0 Å². The Morgan fingerprint density at radius 3 is 2.49 bits per heavy atom. The van der Waals surface area contributed by atoms with Crippen molar-refractivity contribution >= 4 is 11.4 Å². The molecule has 4 rings (SSSR count). The molecule has 35 heavy (non-hydrogen) atoms. The van der Waals surface area contributed by atoms with E-state index in [-0.39, 0.29) is 41.1 Å². The first-order valence-corrected chi connectivity index (χ1v) is 15.1. The molecule has 6 heteroatoms. The SMILES string of the molecule is CC.C[C@H](CCCC(C)(C)O)[C@H]1CCC2C3CC=C4CC(OS(=O)[O-])CCC4(C)C3CCC21C.[Na+]. The Kier molecular flexibility index (Phi) is 11.7. The van der Waals surface area contributed by atoms with E-state index in [0.717, 1.165) is 61.7 Å². The minimum absolute atomic E-state index is 0. The van der Waals surface area contributed by atoms with Gasteiger partial charge in [0.2, 0.25) is 0 Å². The Hall–Kier alpha value is 0.770. The van der Waals surface area contributed by atoms with Crippen LogP contribution in [0.15, 0.2) is 11.6 Å². The third kappa shape index (κ3) is 6.86. The smallest absolute Gasteiger partial charge is 0.750 e. The Bertz CT molecular complexity index is 749. The number of aliphatic hydroxyl groups is 1. The molecule has 0 radical (unpaired) electrons. The van der Waals surface area contributed by atoms with E-state index in [9.17, 15) is 13.9 Å². The molecule has 0 heterocycles. The third-order valence-corrected chi connectivity index (χ3v) is 10.9. The first kappa shape index (κ1) is 32.0. The van der Waals surface area contributed by atoms with E-state index in [1.54, 1.807) is 0 Å². The average Bonchev–Trinajstić information content (AvgIpc) is 3.11. The van der Waals surface area contributed by atoms with Gasteiger partial charge in [0.1, 0.15) is 0 Å². The fourth-order valence-electron chi connectivity index (χ4n) is 8.85. The van der Waals surface area contributed by atoms with Gasteiger partial charge in [0.15, 0.2) is 0 Å². The predicted octanol–water partition coefficient (Wildman–Crippen LogP) is 4.35. The predicted molar refractivity (Wildman–Crippen MR) is 140 cm³/mol. The maximum absolute atomic E-state index is 11.0. The molecular weight excluding hydrogens is 467 g/mol. The monoisotopic (exact) mass is 518 g/mol. The molecule has 0 bridgehead atoms. The second-order valence-electron chi connectivity index (χ2n) is 12.8. The number of hydrogen-bond donors (Lipinski definition) is 1. The molecule has 198 valence electrons. The Morgan fingerprint density at radius 1 is 1.17 bits per heavy atom. The first-order valence-electron chi connectivity index (χ1n) is 14.1. The van der Waals surface area contributed by atoms with Gasteiger partial charge in [0.05, 0.1) is 23.1 Å². The minimum atomic E-state index is -2.41. The summed E-state index contributed by atoms with van der Waals surface area (Å²) in [6.07, 6.45) is 14.8. The summed E-state index contributed by atoms with van der Waals surface area (Å²) < 4.78 is 27.2.